The number of anilines is 1. The molecular formula is C12H15N3O. The number of nitriles is 1. The molecule has 1 aromatic rings. The first kappa shape index (κ1) is 10.9. The molecule has 1 fully saturated rings. The van der Waals surface area contributed by atoms with Crippen LogP contribution in [0.5, 0.6) is 0 Å². The van der Waals surface area contributed by atoms with Crippen LogP contribution in [0, 0.1) is 11.3 Å². The van der Waals surface area contributed by atoms with Crippen LogP contribution in [0.3, 0.4) is 0 Å². The molecule has 0 spiro atoms. The third-order valence-corrected chi connectivity index (χ3v) is 3.09. The molecule has 1 aliphatic carbocycles. The molecule has 1 N–H and O–H groups in total. The van der Waals surface area contributed by atoms with E-state index in [1.165, 1.54) is 6.42 Å². The average Bonchev–Trinajstić information content (AvgIpc) is 2.26. The molecule has 16 heavy (non-hydrogen) atoms. The number of pyridine rings is 1. The van der Waals surface area contributed by atoms with Gasteiger partial charge in [0.1, 0.15) is 6.07 Å². The maximum absolute atomic E-state index is 9.09. The lowest BCUT2D eigenvalue weighted by molar-refractivity contribution is 0.283. The number of aromatic nitrogens is 1. The lowest BCUT2D eigenvalue weighted by Gasteiger charge is -2.39. The number of aliphatic hydroxyl groups is 1. The highest BCUT2D eigenvalue weighted by Gasteiger charge is 2.26. The van der Waals surface area contributed by atoms with E-state index < -0.39 is 0 Å². The van der Waals surface area contributed by atoms with Crippen LogP contribution in [0.15, 0.2) is 18.5 Å². The standard InChI is InChI=1S/C12H15N3O/c13-8-10-4-5-14-9-12(10)15(6-7-16)11-2-1-3-11/h4-5,9,11,16H,1-3,6-7H2. The minimum Gasteiger partial charge on any atom is -0.395 e. The molecular weight excluding hydrogens is 202 g/mol. The normalized spacial score (nSPS) is 15.2. The Hall–Kier alpha value is -1.60. The summed E-state index contributed by atoms with van der Waals surface area (Å²) < 4.78 is 0. The first-order valence-corrected chi connectivity index (χ1v) is 5.58. The van der Waals surface area contributed by atoms with E-state index >= 15 is 0 Å². The maximum Gasteiger partial charge on any atom is 0.101 e. The van der Waals surface area contributed by atoms with E-state index in [2.05, 4.69) is 16.0 Å². The third kappa shape index (κ3) is 2.00. The Morgan fingerprint density at radius 2 is 2.38 bits per heavy atom. The SMILES string of the molecule is N#Cc1ccncc1N(CCO)C1CCC1. The van der Waals surface area contributed by atoms with Crippen LogP contribution in [0.25, 0.3) is 0 Å². The lowest BCUT2D eigenvalue weighted by Crippen LogP contribution is -2.42. The highest BCUT2D eigenvalue weighted by atomic mass is 16.3. The molecule has 0 bridgehead atoms. The minimum atomic E-state index is 0.107. The molecule has 0 aromatic carbocycles. The van der Waals surface area contributed by atoms with Gasteiger partial charge < -0.3 is 10.0 Å². The highest BCUT2D eigenvalue weighted by molar-refractivity contribution is 5.58. The van der Waals surface area contributed by atoms with Gasteiger partial charge in [-0.3, -0.25) is 4.98 Å². The summed E-state index contributed by atoms with van der Waals surface area (Å²) in [5.74, 6) is 0. The molecule has 1 saturated carbocycles. The Balaban J connectivity index is 2.27. The van der Waals surface area contributed by atoms with E-state index in [4.69, 9.17) is 10.4 Å². The Morgan fingerprint density at radius 3 is 2.94 bits per heavy atom. The van der Waals surface area contributed by atoms with Gasteiger partial charge in [0.2, 0.25) is 0 Å². The van der Waals surface area contributed by atoms with E-state index in [-0.39, 0.29) is 6.61 Å². The predicted molar refractivity (Wildman–Crippen MR) is 61.0 cm³/mol. The van der Waals surface area contributed by atoms with Crippen molar-refractivity contribution in [2.45, 2.75) is 25.3 Å². The average molecular weight is 217 g/mol. The Morgan fingerprint density at radius 1 is 1.56 bits per heavy atom. The number of rotatable bonds is 4. The zero-order valence-electron chi connectivity index (χ0n) is 9.13. The Bertz CT molecular complexity index is 395. The lowest BCUT2D eigenvalue weighted by atomic mass is 9.91. The van der Waals surface area contributed by atoms with Crippen molar-refractivity contribution >= 4 is 5.69 Å². The van der Waals surface area contributed by atoms with Crippen LogP contribution in [0.2, 0.25) is 0 Å². The van der Waals surface area contributed by atoms with Crippen molar-refractivity contribution in [2.24, 2.45) is 0 Å². The van der Waals surface area contributed by atoms with Gasteiger partial charge in [0, 0.05) is 18.8 Å². The van der Waals surface area contributed by atoms with Crippen molar-refractivity contribution in [2.75, 3.05) is 18.1 Å². The van der Waals surface area contributed by atoms with Crippen molar-refractivity contribution in [3.63, 3.8) is 0 Å². The number of hydrogen-bond acceptors (Lipinski definition) is 4. The molecule has 0 atom stereocenters. The van der Waals surface area contributed by atoms with E-state index in [1.54, 1.807) is 18.5 Å². The third-order valence-electron chi connectivity index (χ3n) is 3.09. The first-order chi connectivity index (χ1) is 7.86. The van der Waals surface area contributed by atoms with Crippen LogP contribution in [-0.2, 0) is 0 Å². The van der Waals surface area contributed by atoms with Gasteiger partial charge in [-0.1, -0.05) is 0 Å². The summed E-state index contributed by atoms with van der Waals surface area (Å²) >= 11 is 0. The van der Waals surface area contributed by atoms with Crippen LogP contribution in [0.1, 0.15) is 24.8 Å². The van der Waals surface area contributed by atoms with E-state index in [1.807, 2.05) is 0 Å². The van der Waals surface area contributed by atoms with Gasteiger partial charge in [-0.2, -0.15) is 5.26 Å². The summed E-state index contributed by atoms with van der Waals surface area (Å²) in [4.78, 5) is 6.17. The molecule has 2 rings (SSSR count). The van der Waals surface area contributed by atoms with Crippen LogP contribution in [0.4, 0.5) is 5.69 Å². The highest BCUT2D eigenvalue weighted by Crippen LogP contribution is 2.30. The van der Waals surface area contributed by atoms with Crippen molar-refractivity contribution in [1.29, 1.82) is 5.26 Å². The largest absolute Gasteiger partial charge is 0.395 e. The van der Waals surface area contributed by atoms with Crippen LogP contribution >= 0.6 is 0 Å². The minimum absolute atomic E-state index is 0.107. The Kier molecular flexibility index (Phi) is 3.37. The van der Waals surface area contributed by atoms with Crippen molar-refractivity contribution in [1.82, 2.24) is 4.98 Å². The summed E-state index contributed by atoms with van der Waals surface area (Å²) in [7, 11) is 0. The smallest absolute Gasteiger partial charge is 0.101 e. The molecule has 84 valence electrons. The zero-order chi connectivity index (χ0) is 11.4. The zero-order valence-corrected chi connectivity index (χ0v) is 9.13. The van der Waals surface area contributed by atoms with Crippen LogP contribution in [-0.4, -0.2) is 29.3 Å². The summed E-state index contributed by atoms with van der Waals surface area (Å²) in [5, 5.41) is 18.1. The van der Waals surface area contributed by atoms with Crippen molar-refractivity contribution < 1.29 is 5.11 Å². The predicted octanol–water partition coefficient (Wildman–Crippen LogP) is 1.30. The number of nitrogens with zero attached hydrogens (tertiary/aromatic N) is 3. The molecule has 0 amide bonds. The van der Waals surface area contributed by atoms with Gasteiger partial charge in [0.25, 0.3) is 0 Å². The fourth-order valence-electron chi connectivity index (χ4n) is 2.02. The molecule has 1 aromatic heterocycles. The fraction of sp³-hybridized carbons (Fsp3) is 0.500. The van der Waals surface area contributed by atoms with Crippen LogP contribution < -0.4 is 4.90 Å². The second-order valence-corrected chi connectivity index (χ2v) is 4.01. The Labute approximate surface area is 95.1 Å². The van der Waals surface area contributed by atoms with Crippen molar-refractivity contribution in [3.05, 3.63) is 24.0 Å². The molecule has 1 aliphatic rings. The van der Waals surface area contributed by atoms with Gasteiger partial charge in [0.05, 0.1) is 24.1 Å². The van der Waals surface area contributed by atoms with Gasteiger partial charge >= 0.3 is 0 Å². The van der Waals surface area contributed by atoms with E-state index in [0.717, 1.165) is 18.5 Å². The van der Waals surface area contributed by atoms with Gasteiger partial charge in [-0.15, -0.1) is 0 Å². The maximum atomic E-state index is 9.09. The topological polar surface area (TPSA) is 60.2 Å². The molecule has 0 aliphatic heterocycles. The molecule has 4 nitrogen and oxygen atoms in total. The quantitative estimate of drug-likeness (QED) is 0.826. The molecule has 0 saturated heterocycles. The molecule has 0 radical (unpaired) electrons. The molecule has 1 heterocycles. The first-order valence-electron chi connectivity index (χ1n) is 5.58. The van der Waals surface area contributed by atoms with Crippen molar-refractivity contribution in [3.8, 4) is 6.07 Å². The van der Waals surface area contributed by atoms with Gasteiger partial charge in [0.15, 0.2) is 0 Å². The molecule has 0 unspecified atom stereocenters. The summed E-state index contributed by atoms with van der Waals surface area (Å²) in [6, 6.07) is 4.36. The number of aliphatic hydroxyl groups excluding tert-OH is 1. The summed E-state index contributed by atoms with van der Waals surface area (Å²) in [5.41, 5.74) is 1.49. The van der Waals surface area contributed by atoms with Gasteiger partial charge in [-0.25, -0.2) is 0 Å². The monoisotopic (exact) mass is 217 g/mol. The second-order valence-electron chi connectivity index (χ2n) is 4.01. The summed E-state index contributed by atoms with van der Waals surface area (Å²) in [6.45, 7) is 0.682. The molecule has 4 heteroatoms. The second kappa shape index (κ2) is 4.95. The number of hydrogen-bond donors (Lipinski definition) is 1. The van der Waals surface area contributed by atoms with E-state index in [0.29, 0.717) is 18.2 Å². The van der Waals surface area contributed by atoms with Gasteiger partial charge in [-0.05, 0) is 25.3 Å². The van der Waals surface area contributed by atoms with E-state index in [9.17, 15) is 0 Å². The summed E-state index contributed by atoms with van der Waals surface area (Å²) in [6.07, 6.45) is 6.85. The fourth-order valence-corrected chi connectivity index (χ4v) is 2.02.